The zero-order valence-electron chi connectivity index (χ0n) is 21.4. The number of anilines is 1. The van der Waals surface area contributed by atoms with Crippen LogP contribution in [0.1, 0.15) is 64.4 Å². The summed E-state index contributed by atoms with van der Waals surface area (Å²) in [5.41, 5.74) is 2.35. The van der Waals surface area contributed by atoms with Gasteiger partial charge in [0.05, 0.1) is 16.8 Å². The molecule has 0 spiro atoms. The number of hydrogen-bond acceptors (Lipinski definition) is 5. The topological polar surface area (TPSA) is 67.2 Å². The lowest BCUT2D eigenvalue weighted by Crippen LogP contribution is -2.50. The Morgan fingerprint density at radius 3 is 2.37 bits per heavy atom. The van der Waals surface area contributed by atoms with Crippen molar-refractivity contribution >= 4 is 22.8 Å². The molecule has 0 aliphatic carbocycles. The van der Waals surface area contributed by atoms with Gasteiger partial charge in [-0.2, -0.15) is 5.10 Å². The van der Waals surface area contributed by atoms with Crippen LogP contribution < -0.4 is 4.90 Å². The van der Waals surface area contributed by atoms with Crippen molar-refractivity contribution in [2.24, 2.45) is 5.92 Å². The standard InChI is InChI=1S/C27H37FN6O/c1-5-8-10-20(7-3)27(35)33-17-15-32(16-18-33)25-24-19(4)31-34(22-13-11-21(28)12-14-22)26(24)30-23(29-25)9-6-2/h11-14,20H,5-10,15-18H2,1-4H3. The first-order chi connectivity index (χ1) is 17.0. The Bertz CT molecular complexity index is 1150. The summed E-state index contributed by atoms with van der Waals surface area (Å²) in [7, 11) is 0. The maximum atomic E-state index is 13.5. The molecule has 1 aliphatic heterocycles. The summed E-state index contributed by atoms with van der Waals surface area (Å²) < 4.78 is 15.3. The molecule has 2 aromatic heterocycles. The van der Waals surface area contributed by atoms with Crippen molar-refractivity contribution in [3.63, 3.8) is 0 Å². The first-order valence-corrected chi connectivity index (χ1v) is 13.0. The van der Waals surface area contributed by atoms with Gasteiger partial charge < -0.3 is 9.80 Å². The second kappa shape index (κ2) is 11.1. The average Bonchev–Trinajstić information content (AvgIpc) is 3.21. The Labute approximate surface area is 207 Å². The lowest BCUT2D eigenvalue weighted by Gasteiger charge is -2.37. The number of carbonyl (C=O) groups is 1. The molecule has 0 bridgehead atoms. The Kier molecular flexibility index (Phi) is 7.98. The molecular formula is C27H37FN6O. The van der Waals surface area contributed by atoms with Crippen LogP contribution in [-0.2, 0) is 11.2 Å². The zero-order valence-corrected chi connectivity index (χ0v) is 21.4. The van der Waals surface area contributed by atoms with Crippen molar-refractivity contribution in [3.8, 4) is 5.69 Å². The third-order valence-electron chi connectivity index (χ3n) is 6.91. The van der Waals surface area contributed by atoms with Crippen molar-refractivity contribution in [1.29, 1.82) is 0 Å². The highest BCUT2D eigenvalue weighted by Gasteiger charge is 2.29. The summed E-state index contributed by atoms with van der Waals surface area (Å²) in [5.74, 6) is 1.80. The number of benzene rings is 1. The van der Waals surface area contributed by atoms with Gasteiger partial charge in [-0.05, 0) is 50.5 Å². The van der Waals surface area contributed by atoms with Gasteiger partial charge in [-0.15, -0.1) is 0 Å². The van der Waals surface area contributed by atoms with E-state index in [1.54, 1.807) is 16.8 Å². The van der Waals surface area contributed by atoms with Gasteiger partial charge in [0.2, 0.25) is 5.91 Å². The molecule has 1 aliphatic rings. The quantitative estimate of drug-likeness (QED) is 0.427. The highest BCUT2D eigenvalue weighted by Crippen LogP contribution is 2.30. The summed E-state index contributed by atoms with van der Waals surface area (Å²) in [6, 6.07) is 6.31. The lowest BCUT2D eigenvalue weighted by atomic mass is 9.97. The minimum Gasteiger partial charge on any atom is -0.352 e. The summed E-state index contributed by atoms with van der Waals surface area (Å²) in [6.07, 6.45) is 5.79. The maximum absolute atomic E-state index is 13.5. The Hall–Kier alpha value is -3.03. The third kappa shape index (κ3) is 5.31. The highest BCUT2D eigenvalue weighted by molar-refractivity contribution is 5.91. The summed E-state index contributed by atoms with van der Waals surface area (Å²) in [6.45, 7) is 11.2. The van der Waals surface area contributed by atoms with Crippen LogP contribution >= 0.6 is 0 Å². The van der Waals surface area contributed by atoms with Crippen LogP contribution in [0.15, 0.2) is 24.3 Å². The molecule has 7 nitrogen and oxygen atoms in total. The van der Waals surface area contributed by atoms with Gasteiger partial charge in [0.25, 0.3) is 0 Å². The van der Waals surface area contributed by atoms with Gasteiger partial charge >= 0.3 is 0 Å². The van der Waals surface area contributed by atoms with Gasteiger partial charge in [-0.1, -0.05) is 33.6 Å². The number of hydrogen-bond donors (Lipinski definition) is 0. The van der Waals surface area contributed by atoms with Gasteiger partial charge in [0.1, 0.15) is 17.5 Å². The Morgan fingerprint density at radius 2 is 1.74 bits per heavy atom. The number of piperazine rings is 1. The molecule has 1 amide bonds. The van der Waals surface area contributed by atoms with Crippen molar-refractivity contribution in [2.75, 3.05) is 31.1 Å². The van der Waals surface area contributed by atoms with Crippen molar-refractivity contribution in [1.82, 2.24) is 24.6 Å². The van der Waals surface area contributed by atoms with Gasteiger partial charge in [0.15, 0.2) is 5.65 Å². The molecule has 3 aromatic rings. The number of nitrogens with zero attached hydrogens (tertiary/aromatic N) is 6. The fourth-order valence-corrected chi connectivity index (χ4v) is 4.88. The van der Waals surface area contributed by atoms with Gasteiger partial charge in [0, 0.05) is 38.5 Å². The van der Waals surface area contributed by atoms with E-state index >= 15 is 0 Å². The number of carbonyl (C=O) groups excluding carboxylic acids is 1. The minimum absolute atomic E-state index is 0.125. The average molecular weight is 481 g/mol. The molecular weight excluding hydrogens is 443 g/mol. The number of halogens is 1. The summed E-state index contributed by atoms with van der Waals surface area (Å²) >= 11 is 0. The van der Waals surface area contributed by atoms with Gasteiger partial charge in [-0.3, -0.25) is 4.79 Å². The van der Waals surface area contributed by atoms with E-state index in [0.717, 1.165) is 85.7 Å². The highest BCUT2D eigenvalue weighted by atomic mass is 19.1. The molecule has 1 atom stereocenters. The number of amides is 1. The number of aryl methyl sites for hydroxylation is 2. The molecule has 35 heavy (non-hydrogen) atoms. The lowest BCUT2D eigenvalue weighted by molar-refractivity contribution is -0.136. The number of fused-ring (bicyclic) bond motifs is 1. The van der Waals surface area contributed by atoms with Crippen LogP contribution in [0, 0.1) is 18.7 Å². The Morgan fingerprint density at radius 1 is 1.03 bits per heavy atom. The largest absolute Gasteiger partial charge is 0.352 e. The molecule has 3 heterocycles. The smallest absolute Gasteiger partial charge is 0.225 e. The number of unbranched alkanes of at least 4 members (excludes halogenated alkanes) is 1. The summed E-state index contributed by atoms with van der Waals surface area (Å²) in [5, 5.41) is 5.67. The van der Waals surface area contributed by atoms with E-state index in [4.69, 9.17) is 15.1 Å². The molecule has 1 fully saturated rings. The number of aromatic nitrogens is 4. The molecule has 1 saturated heterocycles. The van der Waals surface area contributed by atoms with Crippen molar-refractivity contribution in [2.45, 2.75) is 66.2 Å². The first-order valence-electron chi connectivity index (χ1n) is 13.0. The van der Waals surface area contributed by atoms with E-state index in [-0.39, 0.29) is 11.7 Å². The zero-order chi connectivity index (χ0) is 24.9. The normalized spacial score (nSPS) is 15.1. The predicted octanol–water partition coefficient (Wildman–Crippen LogP) is 5.08. The van der Waals surface area contributed by atoms with Crippen LogP contribution in [0.2, 0.25) is 0 Å². The van der Waals surface area contributed by atoms with E-state index in [2.05, 4.69) is 25.7 Å². The minimum atomic E-state index is -0.281. The molecule has 0 saturated carbocycles. The first kappa shape index (κ1) is 25.1. The van der Waals surface area contributed by atoms with E-state index in [1.165, 1.54) is 12.1 Å². The maximum Gasteiger partial charge on any atom is 0.225 e. The van der Waals surface area contributed by atoms with Gasteiger partial charge in [-0.25, -0.2) is 19.0 Å². The second-order valence-electron chi connectivity index (χ2n) is 9.45. The fraction of sp³-hybridized carbons (Fsp3) is 0.556. The third-order valence-corrected chi connectivity index (χ3v) is 6.91. The van der Waals surface area contributed by atoms with Crippen LogP contribution in [0.25, 0.3) is 16.7 Å². The molecule has 1 aromatic carbocycles. The van der Waals surface area contributed by atoms with Crippen LogP contribution in [0.4, 0.5) is 10.2 Å². The molecule has 8 heteroatoms. The van der Waals surface area contributed by atoms with Crippen LogP contribution in [0.3, 0.4) is 0 Å². The van der Waals surface area contributed by atoms with E-state index in [9.17, 15) is 9.18 Å². The fourth-order valence-electron chi connectivity index (χ4n) is 4.88. The number of rotatable bonds is 9. The van der Waals surface area contributed by atoms with Crippen molar-refractivity contribution in [3.05, 3.63) is 41.6 Å². The van der Waals surface area contributed by atoms with Crippen LogP contribution in [-0.4, -0.2) is 56.7 Å². The molecule has 1 unspecified atom stereocenters. The molecule has 4 rings (SSSR count). The van der Waals surface area contributed by atoms with Crippen molar-refractivity contribution < 1.29 is 9.18 Å². The Balaban J connectivity index is 1.63. The van der Waals surface area contributed by atoms with Crippen LogP contribution in [0.5, 0.6) is 0 Å². The van der Waals surface area contributed by atoms with E-state index in [1.807, 2.05) is 11.8 Å². The second-order valence-corrected chi connectivity index (χ2v) is 9.45. The van der Waals surface area contributed by atoms with E-state index in [0.29, 0.717) is 19.0 Å². The monoisotopic (exact) mass is 480 g/mol. The molecule has 0 radical (unpaired) electrons. The predicted molar refractivity (Wildman–Crippen MR) is 137 cm³/mol. The summed E-state index contributed by atoms with van der Waals surface area (Å²) in [4.78, 5) is 27.2. The SMILES string of the molecule is CCCCC(CC)C(=O)N1CCN(c2nc(CCC)nc3c2c(C)nn3-c2ccc(F)cc2)CC1. The molecule has 188 valence electrons. The molecule has 0 N–H and O–H groups in total. The van der Waals surface area contributed by atoms with E-state index < -0.39 is 0 Å².